The lowest BCUT2D eigenvalue weighted by Gasteiger charge is -2.21. The monoisotopic (exact) mass is 231 g/mol. The van der Waals surface area contributed by atoms with Crippen LogP contribution in [0.2, 0.25) is 0 Å². The Bertz CT molecular complexity index is 555. The number of H-pyrrole nitrogens is 1. The van der Waals surface area contributed by atoms with Crippen LogP contribution in [0.5, 0.6) is 5.75 Å². The Balaban J connectivity index is 2.06. The second-order valence-electron chi connectivity index (χ2n) is 5.03. The molecular weight excluding hydrogens is 214 g/mol. The van der Waals surface area contributed by atoms with Crippen molar-refractivity contribution in [3.8, 4) is 5.75 Å². The van der Waals surface area contributed by atoms with Gasteiger partial charge < -0.3 is 15.5 Å². The Morgan fingerprint density at radius 1 is 1.47 bits per heavy atom. The van der Waals surface area contributed by atoms with Gasteiger partial charge in [-0.2, -0.15) is 0 Å². The molecule has 0 spiro atoms. The minimum absolute atomic E-state index is 0.341. The Hall–Kier alpha value is -1.55. The third-order valence-electron chi connectivity index (χ3n) is 3.62. The van der Waals surface area contributed by atoms with E-state index in [2.05, 4.69) is 16.9 Å². The van der Waals surface area contributed by atoms with E-state index < -0.39 is 0 Å². The molecule has 17 heavy (non-hydrogen) atoms. The summed E-state index contributed by atoms with van der Waals surface area (Å²) >= 11 is 0. The topological polar surface area (TPSA) is 63.9 Å². The highest BCUT2D eigenvalue weighted by Crippen LogP contribution is 2.43. The summed E-state index contributed by atoms with van der Waals surface area (Å²) in [5.41, 5.74) is 7.94. The number of aromatic amines is 1. The van der Waals surface area contributed by atoms with Crippen LogP contribution in [-0.2, 0) is 5.54 Å². The SMILES string of the molecule is COc1ccc2nc(C(C)(N)C3CC3)[nH]c2c1. The van der Waals surface area contributed by atoms with Gasteiger partial charge in [0.05, 0.1) is 23.7 Å². The summed E-state index contributed by atoms with van der Waals surface area (Å²) in [5, 5.41) is 0. The number of hydrogen-bond donors (Lipinski definition) is 2. The molecule has 1 aliphatic carbocycles. The van der Waals surface area contributed by atoms with Crippen LogP contribution in [0.4, 0.5) is 0 Å². The molecule has 1 fully saturated rings. The predicted octanol–water partition coefficient (Wildman–Crippen LogP) is 2.16. The number of nitrogens with one attached hydrogen (secondary N) is 1. The Morgan fingerprint density at radius 3 is 2.88 bits per heavy atom. The first-order valence-corrected chi connectivity index (χ1v) is 5.94. The van der Waals surface area contributed by atoms with Gasteiger partial charge in [-0.3, -0.25) is 0 Å². The second-order valence-corrected chi connectivity index (χ2v) is 5.03. The highest BCUT2D eigenvalue weighted by atomic mass is 16.5. The molecular formula is C13H17N3O. The zero-order valence-electron chi connectivity index (χ0n) is 10.2. The molecule has 4 nitrogen and oxygen atoms in total. The number of fused-ring (bicyclic) bond motifs is 1. The standard InChI is InChI=1S/C13H17N3O/c1-13(14,8-3-4-8)12-15-10-6-5-9(17-2)7-11(10)16-12/h5-8H,3-4,14H2,1-2H3,(H,15,16). The average Bonchev–Trinajstić information content (AvgIpc) is 3.08. The van der Waals surface area contributed by atoms with Gasteiger partial charge in [0.1, 0.15) is 11.6 Å². The maximum Gasteiger partial charge on any atom is 0.127 e. The molecule has 90 valence electrons. The number of aromatic nitrogens is 2. The smallest absolute Gasteiger partial charge is 0.127 e. The summed E-state index contributed by atoms with van der Waals surface area (Å²) in [5.74, 6) is 2.27. The highest BCUT2D eigenvalue weighted by molar-refractivity contribution is 5.77. The van der Waals surface area contributed by atoms with Crippen molar-refractivity contribution in [2.45, 2.75) is 25.3 Å². The molecule has 1 saturated carbocycles. The molecule has 3 rings (SSSR count). The molecule has 4 heteroatoms. The largest absolute Gasteiger partial charge is 0.497 e. The van der Waals surface area contributed by atoms with Gasteiger partial charge in [0, 0.05) is 6.07 Å². The number of rotatable bonds is 3. The lowest BCUT2D eigenvalue weighted by atomic mass is 9.97. The molecule has 1 aromatic heterocycles. The molecule has 0 radical (unpaired) electrons. The molecule has 0 saturated heterocycles. The van der Waals surface area contributed by atoms with Crippen molar-refractivity contribution in [2.24, 2.45) is 11.7 Å². The zero-order chi connectivity index (χ0) is 12.0. The van der Waals surface area contributed by atoms with E-state index in [9.17, 15) is 0 Å². The molecule has 0 aliphatic heterocycles. The summed E-state index contributed by atoms with van der Waals surface area (Å²) in [7, 11) is 1.66. The van der Waals surface area contributed by atoms with Gasteiger partial charge in [-0.25, -0.2) is 4.98 Å². The molecule has 1 aromatic carbocycles. The van der Waals surface area contributed by atoms with Gasteiger partial charge in [-0.05, 0) is 37.8 Å². The summed E-state index contributed by atoms with van der Waals surface area (Å²) in [6.07, 6.45) is 2.40. The fourth-order valence-corrected chi connectivity index (χ4v) is 2.25. The maximum atomic E-state index is 6.35. The first kappa shape index (κ1) is 10.6. The number of imidazole rings is 1. The van der Waals surface area contributed by atoms with Crippen LogP contribution < -0.4 is 10.5 Å². The van der Waals surface area contributed by atoms with Gasteiger partial charge >= 0.3 is 0 Å². The number of benzene rings is 1. The van der Waals surface area contributed by atoms with Crippen molar-refractivity contribution in [3.05, 3.63) is 24.0 Å². The summed E-state index contributed by atoms with van der Waals surface area (Å²) in [6, 6.07) is 5.82. The van der Waals surface area contributed by atoms with E-state index in [1.165, 1.54) is 12.8 Å². The number of nitrogens with zero attached hydrogens (tertiary/aromatic N) is 1. The molecule has 1 aliphatic rings. The Kier molecular flexibility index (Phi) is 2.16. The lowest BCUT2D eigenvalue weighted by Crippen LogP contribution is -2.36. The van der Waals surface area contributed by atoms with Gasteiger partial charge in [-0.1, -0.05) is 0 Å². The molecule has 2 aromatic rings. The second kappa shape index (κ2) is 3.47. The van der Waals surface area contributed by atoms with Crippen molar-refractivity contribution in [3.63, 3.8) is 0 Å². The number of ether oxygens (including phenoxy) is 1. The predicted molar refractivity (Wildman–Crippen MR) is 66.9 cm³/mol. The summed E-state index contributed by atoms with van der Waals surface area (Å²) < 4.78 is 5.20. The van der Waals surface area contributed by atoms with Crippen LogP contribution in [-0.4, -0.2) is 17.1 Å². The average molecular weight is 231 g/mol. The van der Waals surface area contributed by atoms with Crippen molar-refractivity contribution in [1.29, 1.82) is 0 Å². The third kappa shape index (κ3) is 1.69. The molecule has 0 amide bonds. The van der Waals surface area contributed by atoms with E-state index in [4.69, 9.17) is 10.5 Å². The first-order chi connectivity index (χ1) is 8.11. The fourth-order valence-electron chi connectivity index (χ4n) is 2.25. The van der Waals surface area contributed by atoms with Crippen LogP contribution in [0.15, 0.2) is 18.2 Å². The van der Waals surface area contributed by atoms with Crippen LogP contribution in [0, 0.1) is 5.92 Å². The van der Waals surface area contributed by atoms with Gasteiger partial charge in [-0.15, -0.1) is 0 Å². The molecule has 1 atom stereocenters. The fraction of sp³-hybridized carbons (Fsp3) is 0.462. The van der Waals surface area contributed by atoms with Crippen LogP contribution in [0.25, 0.3) is 11.0 Å². The maximum absolute atomic E-state index is 6.35. The third-order valence-corrected chi connectivity index (χ3v) is 3.62. The Labute approximate surface area is 100 Å². The normalized spacial score (nSPS) is 19.2. The molecule has 1 unspecified atom stereocenters. The van der Waals surface area contributed by atoms with E-state index in [0.29, 0.717) is 5.92 Å². The number of methoxy groups -OCH3 is 1. The van der Waals surface area contributed by atoms with E-state index in [1.54, 1.807) is 7.11 Å². The van der Waals surface area contributed by atoms with Crippen LogP contribution >= 0.6 is 0 Å². The van der Waals surface area contributed by atoms with Gasteiger partial charge in [0.2, 0.25) is 0 Å². The molecule has 3 N–H and O–H groups in total. The van der Waals surface area contributed by atoms with Gasteiger partial charge in [0.15, 0.2) is 0 Å². The van der Waals surface area contributed by atoms with E-state index in [-0.39, 0.29) is 5.54 Å². The molecule has 1 heterocycles. The van der Waals surface area contributed by atoms with E-state index in [1.807, 2.05) is 18.2 Å². The quantitative estimate of drug-likeness (QED) is 0.850. The van der Waals surface area contributed by atoms with Crippen LogP contribution in [0.1, 0.15) is 25.6 Å². The van der Waals surface area contributed by atoms with Crippen molar-refractivity contribution in [2.75, 3.05) is 7.11 Å². The van der Waals surface area contributed by atoms with Crippen LogP contribution in [0.3, 0.4) is 0 Å². The van der Waals surface area contributed by atoms with E-state index in [0.717, 1.165) is 22.6 Å². The highest BCUT2D eigenvalue weighted by Gasteiger charge is 2.41. The first-order valence-electron chi connectivity index (χ1n) is 5.94. The zero-order valence-corrected chi connectivity index (χ0v) is 10.2. The number of nitrogens with two attached hydrogens (primary N) is 1. The van der Waals surface area contributed by atoms with Crippen molar-refractivity contribution >= 4 is 11.0 Å². The van der Waals surface area contributed by atoms with E-state index >= 15 is 0 Å². The number of hydrogen-bond acceptors (Lipinski definition) is 3. The summed E-state index contributed by atoms with van der Waals surface area (Å²) in [4.78, 5) is 7.90. The Morgan fingerprint density at radius 2 is 2.24 bits per heavy atom. The minimum atomic E-state index is -0.341. The van der Waals surface area contributed by atoms with Crippen molar-refractivity contribution < 1.29 is 4.74 Å². The lowest BCUT2D eigenvalue weighted by molar-refractivity contribution is 0.405. The molecule has 0 bridgehead atoms. The summed E-state index contributed by atoms with van der Waals surface area (Å²) in [6.45, 7) is 2.06. The van der Waals surface area contributed by atoms with Gasteiger partial charge in [0.25, 0.3) is 0 Å². The minimum Gasteiger partial charge on any atom is -0.497 e. The van der Waals surface area contributed by atoms with Crippen molar-refractivity contribution in [1.82, 2.24) is 9.97 Å².